The Labute approximate surface area is 59.8 Å². The summed E-state index contributed by atoms with van der Waals surface area (Å²) in [4.78, 5) is 0. The van der Waals surface area contributed by atoms with Crippen molar-refractivity contribution in [1.29, 1.82) is 0 Å². The Morgan fingerprint density at radius 3 is 1.00 bits per heavy atom. The molecule has 0 bridgehead atoms. The number of alkyl halides is 1. The van der Waals surface area contributed by atoms with Gasteiger partial charge in [-0.3, -0.25) is 4.39 Å². The van der Waals surface area contributed by atoms with Gasteiger partial charge in [-0.15, -0.1) is 13.2 Å². The number of hydrogen-bond donors (Lipinski definition) is 0. The van der Waals surface area contributed by atoms with Gasteiger partial charge in [-0.05, 0) is 6.92 Å². The molecule has 9 heavy (non-hydrogen) atoms. The van der Waals surface area contributed by atoms with Crippen LogP contribution in [0.5, 0.6) is 0 Å². The highest BCUT2D eigenvalue weighted by atomic mass is 19.1. The summed E-state index contributed by atoms with van der Waals surface area (Å²) in [6.07, 6.45) is 0. The summed E-state index contributed by atoms with van der Waals surface area (Å²) in [6, 6.07) is 0. The SMILES string of the molecule is C=C.CC.CC.CCF. The van der Waals surface area contributed by atoms with Crippen LogP contribution in [0, 0.1) is 0 Å². The molecular formula is C8H21F. The summed E-state index contributed by atoms with van der Waals surface area (Å²) in [7, 11) is 0. The first-order valence-electron chi connectivity index (χ1n) is 3.47. The van der Waals surface area contributed by atoms with Gasteiger partial charge in [0.25, 0.3) is 0 Å². The van der Waals surface area contributed by atoms with Crippen molar-refractivity contribution in [2.75, 3.05) is 6.67 Å². The molecular weight excluding hydrogens is 115 g/mol. The lowest BCUT2D eigenvalue weighted by molar-refractivity contribution is 0.527. The van der Waals surface area contributed by atoms with Gasteiger partial charge in [-0.25, -0.2) is 0 Å². The molecule has 0 heterocycles. The monoisotopic (exact) mass is 136 g/mol. The maximum atomic E-state index is 10.3. The second-order valence-electron chi connectivity index (χ2n) is 0.267. The van der Waals surface area contributed by atoms with Gasteiger partial charge in [0.15, 0.2) is 0 Å². The normalized spacial score (nSPS) is 3.78. The fourth-order valence-electron chi connectivity index (χ4n) is 0. The van der Waals surface area contributed by atoms with E-state index in [1.807, 2.05) is 27.7 Å². The zero-order valence-corrected chi connectivity index (χ0v) is 7.50. The Kier molecular flexibility index (Phi) is 1980. The third-order valence-electron chi connectivity index (χ3n) is 0. The molecule has 0 aliphatic rings. The van der Waals surface area contributed by atoms with Crippen molar-refractivity contribution in [3.8, 4) is 0 Å². The van der Waals surface area contributed by atoms with Gasteiger partial charge in [0.05, 0.1) is 6.67 Å². The molecule has 0 aliphatic carbocycles. The Hall–Kier alpha value is -0.330. The molecule has 0 N–H and O–H groups in total. The number of rotatable bonds is 0. The minimum absolute atomic E-state index is 0.250. The average molecular weight is 136 g/mol. The van der Waals surface area contributed by atoms with Crippen molar-refractivity contribution >= 4 is 0 Å². The van der Waals surface area contributed by atoms with E-state index in [9.17, 15) is 4.39 Å². The second kappa shape index (κ2) is 760. The van der Waals surface area contributed by atoms with E-state index in [-0.39, 0.29) is 6.67 Å². The third kappa shape index (κ3) is 2260. The second-order valence-corrected chi connectivity index (χ2v) is 0.267. The van der Waals surface area contributed by atoms with Gasteiger partial charge in [0.2, 0.25) is 0 Å². The van der Waals surface area contributed by atoms with Crippen LogP contribution in [0.2, 0.25) is 0 Å². The molecule has 60 valence electrons. The molecule has 1 heteroatoms. The molecule has 0 radical (unpaired) electrons. The van der Waals surface area contributed by atoms with Gasteiger partial charge in [-0.2, -0.15) is 0 Å². The summed E-state index contributed by atoms with van der Waals surface area (Å²) in [6.45, 7) is 15.2. The predicted molar refractivity (Wildman–Crippen MR) is 45.6 cm³/mol. The van der Waals surface area contributed by atoms with E-state index in [0.717, 1.165) is 0 Å². The lowest BCUT2D eigenvalue weighted by Crippen LogP contribution is -1.40. The van der Waals surface area contributed by atoms with Crippen LogP contribution in [0.4, 0.5) is 4.39 Å². The standard InChI is InChI=1S/C2H5F.2C2H6.C2H4/c1-2-3;3*1-2/h2H2,1H3;2*1-2H3;1-2H2. The van der Waals surface area contributed by atoms with Crippen molar-refractivity contribution < 1.29 is 4.39 Å². The van der Waals surface area contributed by atoms with Crippen LogP contribution in [0.3, 0.4) is 0 Å². The fraction of sp³-hybridized carbons (Fsp3) is 0.750. The zero-order chi connectivity index (χ0) is 8.71. The fourth-order valence-corrected chi connectivity index (χ4v) is 0. The van der Waals surface area contributed by atoms with Crippen LogP contribution in [0.15, 0.2) is 13.2 Å². The molecule has 0 rings (SSSR count). The first-order chi connectivity index (χ1) is 4.41. The van der Waals surface area contributed by atoms with Crippen LogP contribution in [-0.4, -0.2) is 6.67 Å². The summed E-state index contributed by atoms with van der Waals surface area (Å²) >= 11 is 0. The van der Waals surface area contributed by atoms with Crippen LogP contribution in [0.25, 0.3) is 0 Å². The quantitative estimate of drug-likeness (QED) is 0.444. The third-order valence-corrected chi connectivity index (χ3v) is 0. The number of halogens is 1. The van der Waals surface area contributed by atoms with E-state index in [1.165, 1.54) is 6.92 Å². The van der Waals surface area contributed by atoms with Crippen molar-refractivity contribution in [2.45, 2.75) is 34.6 Å². The minimum atomic E-state index is -0.250. The highest BCUT2D eigenvalue weighted by Crippen LogP contribution is 1.48. The first-order valence-corrected chi connectivity index (χ1v) is 3.47. The Balaban J connectivity index is -0.0000000190. The van der Waals surface area contributed by atoms with Gasteiger partial charge < -0.3 is 0 Å². The van der Waals surface area contributed by atoms with E-state index in [1.54, 1.807) is 0 Å². The van der Waals surface area contributed by atoms with E-state index in [4.69, 9.17) is 0 Å². The van der Waals surface area contributed by atoms with Crippen LogP contribution in [-0.2, 0) is 0 Å². The molecule has 0 saturated carbocycles. The van der Waals surface area contributed by atoms with E-state index >= 15 is 0 Å². The molecule has 0 aromatic heterocycles. The first kappa shape index (κ1) is 23.4. The van der Waals surface area contributed by atoms with Gasteiger partial charge in [-0.1, -0.05) is 27.7 Å². The topological polar surface area (TPSA) is 0 Å². The maximum Gasteiger partial charge on any atom is 0.0866 e. The molecule has 0 amide bonds. The smallest absolute Gasteiger partial charge is 0.0866 e. The van der Waals surface area contributed by atoms with Crippen LogP contribution < -0.4 is 0 Å². The van der Waals surface area contributed by atoms with Crippen LogP contribution in [0.1, 0.15) is 34.6 Å². The molecule has 0 aromatic rings. The molecule has 0 atom stereocenters. The average Bonchev–Trinajstić information content (AvgIpc) is 2.01. The number of hydrogen-bond acceptors (Lipinski definition) is 0. The minimum Gasteiger partial charge on any atom is -0.251 e. The molecule has 0 aromatic carbocycles. The predicted octanol–water partition coefficient (Wildman–Crippen LogP) is 3.83. The van der Waals surface area contributed by atoms with Gasteiger partial charge in [0.1, 0.15) is 0 Å². The Bertz CT molecular complexity index is 8.53. The Morgan fingerprint density at radius 1 is 1.00 bits per heavy atom. The molecule has 0 nitrogen and oxygen atoms in total. The summed E-state index contributed by atoms with van der Waals surface area (Å²) < 4.78 is 10.3. The van der Waals surface area contributed by atoms with E-state index in [2.05, 4.69) is 13.2 Å². The summed E-state index contributed by atoms with van der Waals surface area (Å²) in [5.41, 5.74) is 0. The molecule has 0 aliphatic heterocycles. The van der Waals surface area contributed by atoms with Crippen LogP contribution >= 0.6 is 0 Å². The molecule has 0 spiro atoms. The lowest BCUT2D eigenvalue weighted by atomic mass is 10.9. The molecule has 0 saturated heterocycles. The zero-order valence-electron chi connectivity index (χ0n) is 7.50. The summed E-state index contributed by atoms with van der Waals surface area (Å²) in [5, 5.41) is 0. The Morgan fingerprint density at radius 2 is 1.00 bits per heavy atom. The van der Waals surface area contributed by atoms with Crippen molar-refractivity contribution in [3.63, 3.8) is 0 Å². The highest BCUT2D eigenvalue weighted by molar-refractivity contribution is 4.22. The maximum absolute atomic E-state index is 10.3. The van der Waals surface area contributed by atoms with Crippen molar-refractivity contribution in [3.05, 3.63) is 13.2 Å². The van der Waals surface area contributed by atoms with E-state index < -0.39 is 0 Å². The molecule has 0 fully saturated rings. The lowest BCUT2D eigenvalue weighted by Gasteiger charge is -1.45. The van der Waals surface area contributed by atoms with Gasteiger partial charge in [0, 0.05) is 0 Å². The highest BCUT2D eigenvalue weighted by Gasteiger charge is 1.39. The largest absolute Gasteiger partial charge is 0.251 e. The van der Waals surface area contributed by atoms with E-state index in [0.29, 0.717) is 0 Å². The van der Waals surface area contributed by atoms with Crippen molar-refractivity contribution in [2.24, 2.45) is 0 Å². The van der Waals surface area contributed by atoms with Gasteiger partial charge >= 0.3 is 0 Å². The summed E-state index contributed by atoms with van der Waals surface area (Å²) in [5.74, 6) is 0. The molecule has 0 unspecified atom stereocenters. The van der Waals surface area contributed by atoms with Crippen molar-refractivity contribution in [1.82, 2.24) is 0 Å².